The van der Waals surface area contributed by atoms with E-state index in [9.17, 15) is 5.11 Å². The Morgan fingerprint density at radius 2 is 1.82 bits per heavy atom. The van der Waals surface area contributed by atoms with Crippen LogP contribution < -0.4 is 0 Å². The number of aromatic hydroxyl groups is 1. The zero-order valence-corrected chi connectivity index (χ0v) is 11.4. The van der Waals surface area contributed by atoms with Crippen LogP contribution in [0.1, 0.15) is 43.4 Å². The Kier molecular flexibility index (Phi) is 3.17. The molecule has 1 aliphatic heterocycles. The molecule has 0 spiro atoms. The zero-order chi connectivity index (χ0) is 12.6. The quantitative estimate of drug-likeness (QED) is 0.846. The summed E-state index contributed by atoms with van der Waals surface area (Å²) in [6, 6.07) is 4.22. The van der Waals surface area contributed by atoms with Gasteiger partial charge in [0.1, 0.15) is 5.75 Å². The number of phenols is 1. The lowest BCUT2D eigenvalue weighted by Gasteiger charge is -2.31. The van der Waals surface area contributed by atoms with Crippen molar-refractivity contribution in [2.45, 2.75) is 52.6 Å². The summed E-state index contributed by atoms with van der Waals surface area (Å²) in [5.41, 5.74) is 3.60. The molecule has 0 unspecified atom stereocenters. The molecule has 0 saturated carbocycles. The first-order chi connectivity index (χ1) is 7.90. The minimum atomic E-state index is 0.319. The molecule has 0 aliphatic carbocycles. The van der Waals surface area contributed by atoms with E-state index in [1.54, 1.807) is 0 Å². The van der Waals surface area contributed by atoms with Crippen LogP contribution in [0.4, 0.5) is 0 Å². The lowest BCUT2D eigenvalue weighted by atomic mass is 10.0. The van der Waals surface area contributed by atoms with E-state index in [1.807, 2.05) is 13.8 Å². The van der Waals surface area contributed by atoms with Crippen LogP contribution in [-0.4, -0.2) is 22.1 Å². The number of likely N-dealkylation sites (tertiary alicyclic amines) is 1. The van der Waals surface area contributed by atoms with E-state index < -0.39 is 0 Å². The number of rotatable bonds is 2. The highest BCUT2D eigenvalue weighted by Gasteiger charge is 2.31. The van der Waals surface area contributed by atoms with E-state index in [4.69, 9.17) is 0 Å². The second-order valence-corrected chi connectivity index (χ2v) is 5.92. The lowest BCUT2D eigenvalue weighted by molar-refractivity contribution is 0.166. The maximum atomic E-state index is 9.78. The number of hydrogen-bond acceptors (Lipinski definition) is 2. The molecule has 2 rings (SSSR count). The summed E-state index contributed by atoms with van der Waals surface area (Å²) in [6.45, 7) is 10.8. The predicted molar refractivity (Wildman–Crippen MR) is 71.3 cm³/mol. The van der Waals surface area contributed by atoms with E-state index in [1.165, 1.54) is 24.9 Å². The van der Waals surface area contributed by atoms with Gasteiger partial charge >= 0.3 is 0 Å². The molecule has 0 aromatic heterocycles. The van der Waals surface area contributed by atoms with Gasteiger partial charge in [0, 0.05) is 12.1 Å². The summed E-state index contributed by atoms with van der Waals surface area (Å²) in [5, 5.41) is 9.78. The van der Waals surface area contributed by atoms with Crippen LogP contribution >= 0.6 is 0 Å². The molecular weight excluding hydrogens is 210 g/mol. The summed E-state index contributed by atoms with van der Waals surface area (Å²) < 4.78 is 0. The van der Waals surface area contributed by atoms with Gasteiger partial charge in [-0.2, -0.15) is 0 Å². The highest BCUT2D eigenvalue weighted by Crippen LogP contribution is 2.31. The first kappa shape index (κ1) is 12.4. The molecule has 0 bridgehead atoms. The highest BCUT2D eigenvalue weighted by atomic mass is 16.3. The SMILES string of the molecule is Cc1cc(CN2CCCC2(C)C)cc(C)c1O. The van der Waals surface area contributed by atoms with Crippen LogP contribution in [0, 0.1) is 13.8 Å². The van der Waals surface area contributed by atoms with E-state index in [2.05, 4.69) is 30.9 Å². The van der Waals surface area contributed by atoms with Gasteiger partial charge in [0.05, 0.1) is 0 Å². The van der Waals surface area contributed by atoms with Crippen LogP contribution in [0.3, 0.4) is 0 Å². The van der Waals surface area contributed by atoms with E-state index in [-0.39, 0.29) is 0 Å². The number of benzene rings is 1. The van der Waals surface area contributed by atoms with Crippen molar-refractivity contribution in [3.05, 3.63) is 28.8 Å². The molecule has 1 N–H and O–H groups in total. The van der Waals surface area contributed by atoms with Gasteiger partial charge < -0.3 is 5.11 Å². The fourth-order valence-electron chi connectivity index (χ4n) is 2.81. The molecule has 1 aromatic carbocycles. The van der Waals surface area contributed by atoms with Crippen molar-refractivity contribution in [1.29, 1.82) is 0 Å². The van der Waals surface area contributed by atoms with Crippen molar-refractivity contribution >= 4 is 0 Å². The Morgan fingerprint density at radius 1 is 1.24 bits per heavy atom. The largest absolute Gasteiger partial charge is 0.507 e. The van der Waals surface area contributed by atoms with Crippen molar-refractivity contribution in [1.82, 2.24) is 4.90 Å². The Balaban J connectivity index is 2.19. The van der Waals surface area contributed by atoms with Crippen LogP contribution in [0.5, 0.6) is 5.75 Å². The van der Waals surface area contributed by atoms with Crippen molar-refractivity contribution < 1.29 is 5.11 Å². The van der Waals surface area contributed by atoms with Crippen molar-refractivity contribution in [3.8, 4) is 5.75 Å². The monoisotopic (exact) mass is 233 g/mol. The molecule has 2 heteroatoms. The third kappa shape index (κ3) is 2.47. The molecule has 94 valence electrons. The van der Waals surface area contributed by atoms with Crippen molar-refractivity contribution in [2.24, 2.45) is 0 Å². The molecule has 0 radical (unpaired) electrons. The zero-order valence-electron chi connectivity index (χ0n) is 11.4. The Morgan fingerprint density at radius 3 is 2.29 bits per heavy atom. The predicted octanol–water partition coefficient (Wildman–Crippen LogP) is 3.38. The van der Waals surface area contributed by atoms with Gasteiger partial charge in [-0.15, -0.1) is 0 Å². The van der Waals surface area contributed by atoms with Crippen LogP contribution in [0.2, 0.25) is 0 Å². The average Bonchev–Trinajstić information content (AvgIpc) is 2.55. The minimum Gasteiger partial charge on any atom is -0.507 e. The summed E-state index contributed by atoms with van der Waals surface area (Å²) in [4.78, 5) is 2.54. The molecule has 1 saturated heterocycles. The third-order valence-corrected chi connectivity index (χ3v) is 4.00. The summed E-state index contributed by atoms with van der Waals surface area (Å²) >= 11 is 0. The third-order valence-electron chi connectivity index (χ3n) is 4.00. The van der Waals surface area contributed by atoms with Crippen LogP contribution in [0.25, 0.3) is 0 Å². The summed E-state index contributed by atoms with van der Waals surface area (Å²) in [6.07, 6.45) is 2.58. The Bertz CT molecular complexity index is 400. The van der Waals surface area contributed by atoms with E-state index >= 15 is 0 Å². The van der Waals surface area contributed by atoms with Crippen molar-refractivity contribution in [2.75, 3.05) is 6.54 Å². The standard InChI is InChI=1S/C15H23NO/c1-11-8-13(9-12(2)14(11)17)10-16-7-5-6-15(16,3)4/h8-9,17H,5-7,10H2,1-4H3. The molecule has 1 heterocycles. The number of phenolic OH excluding ortho intramolecular Hbond substituents is 1. The molecule has 2 nitrogen and oxygen atoms in total. The minimum absolute atomic E-state index is 0.319. The second kappa shape index (κ2) is 4.34. The lowest BCUT2D eigenvalue weighted by Crippen LogP contribution is -2.37. The van der Waals surface area contributed by atoms with Crippen LogP contribution in [0.15, 0.2) is 12.1 Å². The first-order valence-electron chi connectivity index (χ1n) is 6.44. The van der Waals surface area contributed by atoms with Crippen molar-refractivity contribution in [3.63, 3.8) is 0 Å². The van der Waals surface area contributed by atoms with Gasteiger partial charge in [-0.25, -0.2) is 0 Å². The van der Waals surface area contributed by atoms with Crippen LogP contribution in [-0.2, 0) is 6.54 Å². The average molecular weight is 233 g/mol. The van der Waals surface area contributed by atoms with E-state index in [0.717, 1.165) is 17.7 Å². The fraction of sp³-hybridized carbons (Fsp3) is 0.600. The summed E-state index contributed by atoms with van der Waals surface area (Å²) in [5.74, 6) is 0.439. The number of hydrogen-bond donors (Lipinski definition) is 1. The molecule has 17 heavy (non-hydrogen) atoms. The molecular formula is C15H23NO. The maximum Gasteiger partial charge on any atom is 0.121 e. The molecule has 0 amide bonds. The van der Waals surface area contributed by atoms with Gasteiger partial charge in [0.15, 0.2) is 0 Å². The Hall–Kier alpha value is -1.02. The van der Waals surface area contributed by atoms with Gasteiger partial charge in [0.2, 0.25) is 0 Å². The fourth-order valence-corrected chi connectivity index (χ4v) is 2.81. The highest BCUT2D eigenvalue weighted by molar-refractivity contribution is 5.42. The molecule has 1 aliphatic rings. The van der Waals surface area contributed by atoms with Gasteiger partial charge in [-0.05, 0) is 63.8 Å². The second-order valence-electron chi connectivity index (χ2n) is 5.92. The molecule has 1 aromatic rings. The normalized spacial score (nSPS) is 19.8. The first-order valence-corrected chi connectivity index (χ1v) is 6.44. The topological polar surface area (TPSA) is 23.5 Å². The van der Waals surface area contributed by atoms with Gasteiger partial charge in [0.25, 0.3) is 0 Å². The number of nitrogens with zero attached hydrogens (tertiary/aromatic N) is 1. The summed E-state index contributed by atoms with van der Waals surface area (Å²) in [7, 11) is 0. The van der Waals surface area contributed by atoms with E-state index in [0.29, 0.717) is 11.3 Å². The number of aryl methyl sites for hydroxylation is 2. The molecule has 0 atom stereocenters. The van der Waals surface area contributed by atoms with Gasteiger partial charge in [-0.3, -0.25) is 4.90 Å². The Labute approximate surface area is 104 Å². The molecule has 1 fully saturated rings. The maximum absolute atomic E-state index is 9.78. The smallest absolute Gasteiger partial charge is 0.121 e. The van der Waals surface area contributed by atoms with Gasteiger partial charge in [-0.1, -0.05) is 12.1 Å².